The summed E-state index contributed by atoms with van der Waals surface area (Å²) in [6.07, 6.45) is -0.881. The largest absolute Gasteiger partial charge is 0.445 e. The van der Waals surface area contributed by atoms with Gasteiger partial charge in [0.1, 0.15) is 24.7 Å². The molecule has 5 rings (SSSR count). The number of rotatable bonds is 14. The molecule has 0 aromatic heterocycles. The molecule has 5 amide bonds. The normalized spacial score (nSPS) is 19.8. The van der Waals surface area contributed by atoms with Gasteiger partial charge in [0.05, 0.1) is 0 Å². The zero-order valence-electron chi connectivity index (χ0n) is 29.5. The number of carbonyl (C=O) groups is 5. The third kappa shape index (κ3) is 10.5. The Kier molecular flexibility index (Phi) is 12.1. The predicted molar refractivity (Wildman–Crippen MR) is 191 cm³/mol. The fourth-order valence-electron chi connectivity index (χ4n) is 7.17. The molecule has 0 spiro atoms. The highest BCUT2D eigenvalue weighted by Gasteiger charge is 2.41. The molecule has 1 saturated heterocycles. The van der Waals surface area contributed by atoms with E-state index in [0.29, 0.717) is 6.42 Å². The molecule has 4 atom stereocenters. The van der Waals surface area contributed by atoms with Gasteiger partial charge in [-0.1, -0.05) is 72.8 Å². The number of alkyl halides is 2. The summed E-state index contributed by atoms with van der Waals surface area (Å²) in [6.45, 7) is 3.65. The predicted octanol–water partition coefficient (Wildman–Crippen LogP) is 4.65. The Morgan fingerprint density at radius 2 is 1.48 bits per heavy atom. The van der Waals surface area contributed by atoms with E-state index in [-0.39, 0.29) is 63.4 Å². The van der Waals surface area contributed by atoms with Gasteiger partial charge in [-0.25, -0.2) is 13.6 Å². The van der Waals surface area contributed by atoms with Crippen molar-refractivity contribution in [2.24, 2.45) is 17.6 Å². The van der Waals surface area contributed by atoms with Crippen molar-refractivity contribution < 1.29 is 37.5 Å². The molecule has 52 heavy (non-hydrogen) atoms. The van der Waals surface area contributed by atoms with Crippen molar-refractivity contribution in [2.45, 2.75) is 101 Å². The first kappa shape index (κ1) is 38.2. The van der Waals surface area contributed by atoms with E-state index in [2.05, 4.69) is 21.3 Å². The number of primary amides is 1. The minimum atomic E-state index is -2.81. The van der Waals surface area contributed by atoms with Gasteiger partial charge in [-0.3, -0.25) is 19.2 Å². The molecule has 6 N–H and O–H groups in total. The van der Waals surface area contributed by atoms with Crippen LogP contribution in [-0.2, 0) is 36.9 Å². The van der Waals surface area contributed by atoms with Crippen LogP contribution in [0.5, 0.6) is 0 Å². The maximum Gasteiger partial charge on any atom is 0.408 e. The molecule has 1 aliphatic carbocycles. The summed E-state index contributed by atoms with van der Waals surface area (Å²) in [5.41, 5.74) is 6.68. The summed E-state index contributed by atoms with van der Waals surface area (Å²) < 4.78 is 33.5. The molecule has 0 radical (unpaired) electrons. The number of nitrogens with two attached hydrogens (primary N) is 1. The Bertz CT molecular complexity index is 1750. The van der Waals surface area contributed by atoms with Gasteiger partial charge < -0.3 is 31.7 Å². The number of hydrogen-bond donors (Lipinski definition) is 5. The molecule has 278 valence electrons. The molecule has 2 fully saturated rings. The summed E-state index contributed by atoms with van der Waals surface area (Å²) in [5, 5.41) is 12.7. The average Bonchev–Trinajstić information content (AvgIpc) is 3.37. The minimum absolute atomic E-state index is 0.00945. The van der Waals surface area contributed by atoms with Crippen molar-refractivity contribution >= 4 is 40.5 Å². The second-order valence-electron chi connectivity index (χ2n) is 14.7. The van der Waals surface area contributed by atoms with Crippen LogP contribution in [-0.4, -0.2) is 59.3 Å². The van der Waals surface area contributed by atoms with Crippen LogP contribution in [0, 0.1) is 11.8 Å². The molecule has 2 aliphatic rings. The van der Waals surface area contributed by atoms with Gasteiger partial charge in [-0.15, -0.1) is 0 Å². The van der Waals surface area contributed by atoms with E-state index in [1.165, 1.54) is 0 Å². The van der Waals surface area contributed by atoms with Crippen molar-refractivity contribution in [1.29, 1.82) is 0 Å². The van der Waals surface area contributed by atoms with Crippen LogP contribution >= 0.6 is 0 Å². The molecule has 1 saturated carbocycles. The second kappa shape index (κ2) is 16.5. The lowest BCUT2D eigenvalue weighted by Crippen LogP contribution is -2.57. The van der Waals surface area contributed by atoms with Gasteiger partial charge in [0.2, 0.25) is 29.6 Å². The van der Waals surface area contributed by atoms with Gasteiger partial charge in [-0.2, -0.15) is 0 Å². The topological polar surface area (TPSA) is 169 Å². The van der Waals surface area contributed by atoms with Crippen molar-refractivity contribution in [3.05, 3.63) is 83.9 Å². The van der Waals surface area contributed by atoms with Gasteiger partial charge in [0.15, 0.2) is 0 Å². The van der Waals surface area contributed by atoms with Gasteiger partial charge in [0.25, 0.3) is 0 Å². The van der Waals surface area contributed by atoms with Crippen LogP contribution < -0.4 is 27.0 Å². The first-order chi connectivity index (χ1) is 24.7. The number of fused-ring (bicyclic) bond motifs is 1. The average molecular weight is 720 g/mol. The monoisotopic (exact) mass is 719 g/mol. The van der Waals surface area contributed by atoms with E-state index in [1.54, 1.807) is 24.3 Å². The van der Waals surface area contributed by atoms with Crippen LogP contribution in [0.2, 0.25) is 0 Å². The van der Waals surface area contributed by atoms with E-state index >= 15 is 0 Å². The molecule has 0 unspecified atom stereocenters. The quantitative estimate of drug-likeness (QED) is 0.163. The van der Waals surface area contributed by atoms with E-state index < -0.39 is 59.3 Å². The first-order valence-corrected chi connectivity index (χ1v) is 17.7. The number of benzene rings is 3. The molecule has 1 aliphatic heterocycles. The van der Waals surface area contributed by atoms with Crippen molar-refractivity contribution in [3.63, 3.8) is 0 Å². The summed E-state index contributed by atoms with van der Waals surface area (Å²) in [5.74, 6) is -6.30. The number of carbonyl (C=O) groups excluding carboxylic acids is 5. The summed E-state index contributed by atoms with van der Waals surface area (Å²) in [4.78, 5) is 66.3. The number of amides is 5. The van der Waals surface area contributed by atoms with E-state index in [4.69, 9.17) is 10.5 Å². The highest BCUT2D eigenvalue weighted by Crippen LogP contribution is 2.38. The van der Waals surface area contributed by atoms with Crippen molar-refractivity contribution in [2.75, 3.05) is 0 Å². The summed E-state index contributed by atoms with van der Waals surface area (Å²) in [7, 11) is 0. The fraction of sp³-hybridized carbons (Fsp3) is 0.462. The van der Waals surface area contributed by atoms with Crippen LogP contribution in [0.1, 0.15) is 69.9 Å². The lowest BCUT2D eigenvalue weighted by molar-refractivity contribution is -0.133. The standard InChI is InChI=1S/C39H47F2N5O6/c1-38(2)22-28(34(48)46-38)21-30(33(42)47)43-35(49)31(19-24-15-17-39(40,41)18-16-24)44-36(50)32(45-37(51)52-23-25-9-4-3-5-10-25)20-27-13-8-12-26-11-6-7-14-29(26)27/h3-14,24,28,30-32H,15-23H2,1-2H3,(H2,42,47)(H,43,49)(H,44,50)(H,45,51)(H,46,48)/t28-,30+,31+,32+/m1/s1. The SMILES string of the molecule is CC1(C)C[C@@H](C[C@H](NC(=O)[C@H](CC2CCC(F)(F)CC2)NC(=O)[C@H](Cc2cccc3ccccc23)NC(=O)OCc2ccccc2)C(N)=O)C(=O)N1. The highest BCUT2D eigenvalue weighted by atomic mass is 19.3. The molecule has 0 bridgehead atoms. The van der Waals surface area contributed by atoms with Crippen LogP contribution in [0.4, 0.5) is 13.6 Å². The van der Waals surface area contributed by atoms with E-state index in [1.807, 2.05) is 62.4 Å². The minimum Gasteiger partial charge on any atom is -0.445 e. The van der Waals surface area contributed by atoms with Gasteiger partial charge in [0, 0.05) is 30.7 Å². The van der Waals surface area contributed by atoms with Gasteiger partial charge >= 0.3 is 6.09 Å². The van der Waals surface area contributed by atoms with Crippen LogP contribution in [0.25, 0.3) is 10.8 Å². The summed E-state index contributed by atoms with van der Waals surface area (Å²) >= 11 is 0. The van der Waals surface area contributed by atoms with Crippen LogP contribution in [0.15, 0.2) is 72.8 Å². The number of ether oxygens (including phenoxy) is 1. The van der Waals surface area contributed by atoms with E-state index in [0.717, 1.165) is 21.9 Å². The molecule has 3 aromatic rings. The lowest BCUT2D eigenvalue weighted by Gasteiger charge is -2.32. The van der Waals surface area contributed by atoms with Crippen molar-refractivity contribution in [3.8, 4) is 0 Å². The smallest absolute Gasteiger partial charge is 0.408 e. The third-order valence-corrected chi connectivity index (χ3v) is 9.93. The number of alkyl carbamates (subject to hydrolysis) is 1. The Morgan fingerprint density at radius 1 is 0.846 bits per heavy atom. The fourth-order valence-corrected chi connectivity index (χ4v) is 7.17. The molecule has 13 heteroatoms. The lowest BCUT2D eigenvalue weighted by atomic mass is 9.82. The van der Waals surface area contributed by atoms with Gasteiger partial charge in [-0.05, 0) is 73.8 Å². The van der Waals surface area contributed by atoms with E-state index in [9.17, 15) is 32.8 Å². The Morgan fingerprint density at radius 3 is 2.15 bits per heavy atom. The second-order valence-corrected chi connectivity index (χ2v) is 14.7. The van der Waals surface area contributed by atoms with Crippen molar-refractivity contribution in [1.82, 2.24) is 21.3 Å². The zero-order valence-corrected chi connectivity index (χ0v) is 29.5. The molecular formula is C39H47F2N5O6. The number of hydrogen-bond acceptors (Lipinski definition) is 6. The Labute approximate surface area is 301 Å². The third-order valence-electron chi connectivity index (χ3n) is 9.93. The highest BCUT2D eigenvalue weighted by molar-refractivity contribution is 5.94. The number of nitrogens with one attached hydrogen (secondary N) is 4. The molecule has 11 nitrogen and oxygen atoms in total. The summed E-state index contributed by atoms with van der Waals surface area (Å²) in [6, 6.07) is 18.5. The molecule has 3 aromatic carbocycles. The Balaban J connectivity index is 1.37. The Hall–Kier alpha value is -5.07. The maximum absolute atomic E-state index is 14.1. The number of halogens is 2. The first-order valence-electron chi connectivity index (χ1n) is 17.7. The maximum atomic E-state index is 14.1. The zero-order chi connectivity index (χ0) is 37.5. The molecule has 1 heterocycles. The molecular weight excluding hydrogens is 672 g/mol. The van der Waals surface area contributed by atoms with Crippen LogP contribution in [0.3, 0.4) is 0 Å².